The van der Waals surface area contributed by atoms with E-state index in [1.165, 1.54) is 10.4 Å². The van der Waals surface area contributed by atoms with E-state index in [-0.39, 0.29) is 11.6 Å². The molecular weight excluding hydrogens is 645 g/mol. The molecule has 49 heavy (non-hydrogen) atoms. The number of ether oxygens (including phenoxy) is 4. The number of hydrogen-bond donors (Lipinski definition) is 1. The first kappa shape index (κ1) is 37.3. The lowest BCUT2D eigenvalue weighted by Gasteiger charge is -2.47. The summed E-state index contributed by atoms with van der Waals surface area (Å²) in [5, 5.41) is 14.3. The lowest BCUT2D eigenvalue weighted by molar-refractivity contribution is -0.318. The van der Waals surface area contributed by atoms with E-state index in [4.69, 9.17) is 23.4 Å². The van der Waals surface area contributed by atoms with Gasteiger partial charge >= 0.3 is 0 Å². The van der Waals surface area contributed by atoms with E-state index in [1.807, 2.05) is 72.8 Å². The van der Waals surface area contributed by atoms with Crippen LogP contribution in [0.15, 0.2) is 121 Å². The van der Waals surface area contributed by atoms with Crippen molar-refractivity contribution in [3.05, 3.63) is 132 Å². The summed E-state index contributed by atoms with van der Waals surface area (Å²) in [6.45, 7) is 15.1. The van der Waals surface area contributed by atoms with Crippen molar-refractivity contribution < 1.29 is 28.5 Å². The molecule has 0 amide bonds. The molecule has 1 saturated heterocycles. The molecule has 6 nitrogen and oxygen atoms in total. The van der Waals surface area contributed by atoms with Crippen LogP contribution in [-0.2, 0) is 36.6 Å². The molecular formula is C41H54O6Si2. The van der Waals surface area contributed by atoms with Crippen molar-refractivity contribution in [2.75, 3.05) is 13.2 Å². The molecule has 5 rings (SSSR count). The second kappa shape index (κ2) is 16.9. The summed E-state index contributed by atoms with van der Waals surface area (Å²) in [6, 6.07) is 42.1. The van der Waals surface area contributed by atoms with Crippen molar-refractivity contribution in [1.29, 1.82) is 0 Å². The first-order valence-electron chi connectivity index (χ1n) is 17.5. The number of hydrogen-bond acceptors (Lipinski definition) is 6. The maximum atomic E-state index is 12.1. The third kappa shape index (κ3) is 9.65. The normalized spacial score (nSPS) is 21.8. The lowest BCUT2D eigenvalue weighted by Crippen LogP contribution is -2.68. The van der Waals surface area contributed by atoms with Gasteiger partial charge in [-0.15, -0.1) is 0 Å². The third-order valence-corrected chi connectivity index (χ3v) is 15.9. The van der Waals surface area contributed by atoms with E-state index >= 15 is 0 Å². The summed E-state index contributed by atoms with van der Waals surface area (Å²) in [6.07, 6.45) is -3.88. The SMILES string of the molecule is CC(C)(C)[Si](OC[C@H]1O[C@@H](OCC[Si](C)(C)C)[C@H](OCc2ccccc2)[C@@H](OCc2ccccc2)[C@@H]1O)(c1ccccc1)c1ccccc1. The highest BCUT2D eigenvalue weighted by Gasteiger charge is 2.53. The minimum Gasteiger partial charge on any atom is -0.405 e. The molecule has 0 saturated carbocycles. The van der Waals surface area contributed by atoms with Gasteiger partial charge in [-0.3, -0.25) is 0 Å². The molecule has 5 atom stereocenters. The van der Waals surface area contributed by atoms with Gasteiger partial charge < -0.3 is 28.5 Å². The van der Waals surface area contributed by atoms with Crippen LogP contribution in [0.25, 0.3) is 0 Å². The molecule has 1 aliphatic rings. The smallest absolute Gasteiger partial charge is 0.261 e. The summed E-state index contributed by atoms with van der Waals surface area (Å²) in [4.78, 5) is 0. The summed E-state index contributed by atoms with van der Waals surface area (Å²) < 4.78 is 33.7. The fourth-order valence-corrected chi connectivity index (χ4v) is 11.8. The second-order valence-electron chi connectivity index (χ2n) is 15.2. The molecule has 1 aliphatic heterocycles. The molecule has 0 bridgehead atoms. The Morgan fingerprint density at radius 3 is 1.53 bits per heavy atom. The number of aliphatic hydroxyl groups excluding tert-OH is 1. The molecule has 1 N–H and O–H groups in total. The van der Waals surface area contributed by atoms with Gasteiger partial charge in [-0.1, -0.05) is 162 Å². The van der Waals surface area contributed by atoms with Crippen LogP contribution in [0.1, 0.15) is 31.9 Å². The third-order valence-electron chi connectivity index (χ3n) is 9.20. The molecule has 0 radical (unpaired) electrons. The Labute approximate surface area is 295 Å². The highest BCUT2D eigenvalue weighted by atomic mass is 28.4. The van der Waals surface area contributed by atoms with Gasteiger partial charge in [0.25, 0.3) is 8.32 Å². The fourth-order valence-electron chi connectivity index (χ4n) is 6.51. The first-order valence-corrected chi connectivity index (χ1v) is 23.1. The Morgan fingerprint density at radius 2 is 1.08 bits per heavy atom. The Kier molecular flexibility index (Phi) is 12.8. The van der Waals surface area contributed by atoms with Crippen LogP contribution in [-0.4, -0.2) is 65.4 Å². The zero-order valence-electron chi connectivity index (χ0n) is 30.0. The molecule has 0 aromatic heterocycles. The zero-order valence-corrected chi connectivity index (χ0v) is 32.0. The van der Waals surface area contributed by atoms with Crippen LogP contribution in [0.2, 0.25) is 30.7 Å². The Bertz CT molecular complexity index is 1490. The molecule has 1 heterocycles. The molecule has 0 spiro atoms. The van der Waals surface area contributed by atoms with Crippen molar-refractivity contribution in [3.8, 4) is 0 Å². The van der Waals surface area contributed by atoms with Crippen molar-refractivity contribution in [1.82, 2.24) is 0 Å². The van der Waals surface area contributed by atoms with Gasteiger partial charge in [-0.25, -0.2) is 0 Å². The van der Waals surface area contributed by atoms with Crippen LogP contribution >= 0.6 is 0 Å². The number of benzene rings is 4. The molecule has 0 aliphatic carbocycles. The monoisotopic (exact) mass is 698 g/mol. The molecule has 262 valence electrons. The van der Waals surface area contributed by atoms with Crippen LogP contribution in [0.3, 0.4) is 0 Å². The molecule has 4 aromatic rings. The van der Waals surface area contributed by atoms with Gasteiger partial charge in [0.1, 0.15) is 24.4 Å². The van der Waals surface area contributed by atoms with Crippen LogP contribution in [0.5, 0.6) is 0 Å². The molecule has 1 fully saturated rings. The Balaban J connectivity index is 1.48. The summed E-state index contributed by atoms with van der Waals surface area (Å²) >= 11 is 0. The highest BCUT2D eigenvalue weighted by molar-refractivity contribution is 6.99. The van der Waals surface area contributed by atoms with Gasteiger partial charge in [0.2, 0.25) is 0 Å². The van der Waals surface area contributed by atoms with Gasteiger partial charge in [0.05, 0.1) is 19.8 Å². The maximum absolute atomic E-state index is 12.1. The number of rotatable bonds is 15. The van der Waals surface area contributed by atoms with Gasteiger partial charge in [-0.2, -0.15) is 0 Å². The first-order chi connectivity index (χ1) is 23.5. The van der Waals surface area contributed by atoms with Gasteiger partial charge in [0.15, 0.2) is 6.29 Å². The van der Waals surface area contributed by atoms with Crippen LogP contribution in [0.4, 0.5) is 0 Å². The Morgan fingerprint density at radius 1 is 0.633 bits per heavy atom. The van der Waals surface area contributed by atoms with E-state index in [0.717, 1.165) is 17.2 Å². The Hall–Kier alpha value is -2.93. The number of aliphatic hydroxyl groups is 1. The minimum absolute atomic E-state index is 0.166. The average molecular weight is 699 g/mol. The van der Waals surface area contributed by atoms with Crippen molar-refractivity contribution in [3.63, 3.8) is 0 Å². The van der Waals surface area contributed by atoms with E-state index in [1.54, 1.807) is 0 Å². The second-order valence-corrected chi connectivity index (χ2v) is 25.1. The molecule has 0 unspecified atom stereocenters. The molecule has 8 heteroatoms. The van der Waals surface area contributed by atoms with Crippen molar-refractivity contribution in [2.24, 2.45) is 0 Å². The highest BCUT2D eigenvalue weighted by Crippen LogP contribution is 2.38. The van der Waals surface area contributed by atoms with E-state index in [0.29, 0.717) is 19.8 Å². The fraction of sp³-hybridized carbons (Fsp3) is 0.415. The van der Waals surface area contributed by atoms with Crippen molar-refractivity contribution >= 4 is 26.8 Å². The van der Waals surface area contributed by atoms with Gasteiger partial charge in [-0.05, 0) is 32.6 Å². The van der Waals surface area contributed by atoms with Crippen molar-refractivity contribution in [2.45, 2.75) is 95.4 Å². The van der Waals surface area contributed by atoms with E-state index < -0.39 is 47.1 Å². The minimum atomic E-state index is -2.90. The van der Waals surface area contributed by atoms with E-state index in [2.05, 4.69) is 88.9 Å². The predicted octanol–water partition coefficient (Wildman–Crippen LogP) is 7.17. The zero-order chi connectivity index (χ0) is 34.9. The van der Waals surface area contributed by atoms with E-state index in [9.17, 15) is 5.11 Å². The summed E-state index contributed by atoms with van der Waals surface area (Å²) in [7, 11) is -4.30. The average Bonchev–Trinajstić information content (AvgIpc) is 3.09. The largest absolute Gasteiger partial charge is 0.405 e. The van der Waals surface area contributed by atoms with Gasteiger partial charge in [0, 0.05) is 14.7 Å². The standard InChI is InChI=1S/C41H54O6Si2/c1-41(2,3)49(34-23-15-9-16-24-34,35-25-17-10-18-26-35)46-31-36-37(42)38(44-29-32-19-11-7-12-20-32)39(45-30-33-21-13-8-14-22-33)40(47-36)43-27-28-48(4,5)6/h7-26,36-40,42H,27-31H2,1-6H3/t36-,37-,38+,39-,40-/m1/s1. The quantitative estimate of drug-likeness (QED) is 0.133. The maximum Gasteiger partial charge on any atom is 0.261 e. The summed E-state index contributed by atoms with van der Waals surface area (Å²) in [5.41, 5.74) is 2.04. The van der Waals surface area contributed by atoms with Crippen LogP contribution < -0.4 is 10.4 Å². The topological polar surface area (TPSA) is 66.4 Å². The van der Waals surface area contributed by atoms with Crippen LogP contribution in [0, 0.1) is 0 Å². The predicted molar refractivity (Wildman–Crippen MR) is 202 cm³/mol. The summed E-state index contributed by atoms with van der Waals surface area (Å²) in [5.74, 6) is 0. The molecule has 4 aromatic carbocycles. The lowest BCUT2D eigenvalue weighted by atomic mass is 9.98.